The Balaban J connectivity index is 2.54. The fourth-order valence-electron chi connectivity index (χ4n) is 1.51. The molecule has 1 rings (SSSR count). The molecule has 0 saturated heterocycles. The van der Waals surface area contributed by atoms with Crippen molar-refractivity contribution in [1.82, 2.24) is 9.97 Å². The van der Waals surface area contributed by atoms with Gasteiger partial charge in [-0.05, 0) is 13.3 Å². The number of aromatic amines is 1. The standard InChI is InChI=1S/C12H20N2O3/c1-4-10-9(2)12(15)14-11(13-10)5-6-17-8-7-16-3/h4-8H2,1-3H3,(H,13,14,15). The summed E-state index contributed by atoms with van der Waals surface area (Å²) in [6.45, 7) is 5.47. The van der Waals surface area contributed by atoms with Crippen LogP contribution >= 0.6 is 0 Å². The second-order valence-corrected chi connectivity index (χ2v) is 3.79. The average molecular weight is 240 g/mol. The van der Waals surface area contributed by atoms with Crippen molar-refractivity contribution in [3.63, 3.8) is 0 Å². The maximum Gasteiger partial charge on any atom is 0.254 e. The maximum absolute atomic E-state index is 11.6. The predicted octanol–water partition coefficient (Wildman–Crippen LogP) is 0.846. The van der Waals surface area contributed by atoms with Crippen molar-refractivity contribution in [2.75, 3.05) is 26.9 Å². The van der Waals surface area contributed by atoms with Crippen molar-refractivity contribution in [3.8, 4) is 0 Å². The summed E-state index contributed by atoms with van der Waals surface area (Å²) >= 11 is 0. The van der Waals surface area contributed by atoms with E-state index in [2.05, 4.69) is 9.97 Å². The third-order valence-corrected chi connectivity index (χ3v) is 2.55. The number of aryl methyl sites for hydroxylation is 1. The van der Waals surface area contributed by atoms with E-state index < -0.39 is 0 Å². The van der Waals surface area contributed by atoms with E-state index in [4.69, 9.17) is 9.47 Å². The third-order valence-electron chi connectivity index (χ3n) is 2.55. The highest BCUT2D eigenvalue weighted by atomic mass is 16.5. The van der Waals surface area contributed by atoms with Crippen molar-refractivity contribution in [3.05, 3.63) is 27.4 Å². The summed E-state index contributed by atoms with van der Waals surface area (Å²) in [6, 6.07) is 0. The van der Waals surface area contributed by atoms with E-state index in [1.54, 1.807) is 14.0 Å². The second-order valence-electron chi connectivity index (χ2n) is 3.79. The smallest absolute Gasteiger partial charge is 0.254 e. The number of hydrogen-bond donors (Lipinski definition) is 1. The lowest BCUT2D eigenvalue weighted by atomic mass is 10.2. The zero-order valence-electron chi connectivity index (χ0n) is 10.7. The van der Waals surface area contributed by atoms with Crippen LogP contribution in [-0.4, -0.2) is 36.9 Å². The SMILES string of the molecule is CCc1nc(CCOCCOC)[nH]c(=O)c1C. The van der Waals surface area contributed by atoms with E-state index in [9.17, 15) is 4.79 Å². The zero-order valence-corrected chi connectivity index (χ0v) is 10.7. The molecular formula is C12H20N2O3. The third kappa shape index (κ3) is 4.28. The van der Waals surface area contributed by atoms with E-state index in [-0.39, 0.29) is 5.56 Å². The van der Waals surface area contributed by atoms with Gasteiger partial charge in [0.05, 0.1) is 25.5 Å². The molecule has 0 bridgehead atoms. The molecular weight excluding hydrogens is 220 g/mol. The Morgan fingerprint density at radius 3 is 2.71 bits per heavy atom. The molecule has 0 atom stereocenters. The van der Waals surface area contributed by atoms with Gasteiger partial charge in [0.25, 0.3) is 5.56 Å². The predicted molar refractivity (Wildman–Crippen MR) is 65.4 cm³/mol. The highest BCUT2D eigenvalue weighted by Gasteiger charge is 2.05. The molecule has 1 heterocycles. The van der Waals surface area contributed by atoms with E-state index in [0.717, 1.165) is 12.1 Å². The Morgan fingerprint density at radius 2 is 2.06 bits per heavy atom. The van der Waals surface area contributed by atoms with Crippen LogP contribution in [0.15, 0.2) is 4.79 Å². The molecule has 0 saturated carbocycles. The number of ether oxygens (including phenoxy) is 2. The van der Waals surface area contributed by atoms with Crippen molar-refractivity contribution < 1.29 is 9.47 Å². The minimum Gasteiger partial charge on any atom is -0.382 e. The first-order valence-electron chi connectivity index (χ1n) is 5.84. The van der Waals surface area contributed by atoms with Crippen molar-refractivity contribution in [2.24, 2.45) is 0 Å². The Bertz CT molecular complexity index is 401. The number of nitrogens with one attached hydrogen (secondary N) is 1. The van der Waals surface area contributed by atoms with E-state index in [1.807, 2.05) is 6.92 Å². The number of H-pyrrole nitrogens is 1. The van der Waals surface area contributed by atoms with Gasteiger partial charge in [0.15, 0.2) is 0 Å². The van der Waals surface area contributed by atoms with Gasteiger partial charge >= 0.3 is 0 Å². The fraction of sp³-hybridized carbons (Fsp3) is 0.667. The summed E-state index contributed by atoms with van der Waals surface area (Å²) in [6.07, 6.45) is 1.39. The molecule has 0 fully saturated rings. The second kappa shape index (κ2) is 7.19. The molecule has 1 aromatic heterocycles. The molecule has 1 aromatic rings. The number of methoxy groups -OCH3 is 1. The summed E-state index contributed by atoms with van der Waals surface area (Å²) in [5.41, 5.74) is 1.51. The fourth-order valence-corrected chi connectivity index (χ4v) is 1.51. The van der Waals surface area contributed by atoms with Crippen LogP contribution in [0.3, 0.4) is 0 Å². The lowest BCUT2D eigenvalue weighted by molar-refractivity contribution is 0.0716. The van der Waals surface area contributed by atoms with Crippen LogP contribution in [0, 0.1) is 6.92 Å². The van der Waals surface area contributed by atoms with Crippen LogP contribution in [0.1, 0.15) is 24.0 Å². The number of nitrogens with zero attached hydrogens (tertiary/aromatic N) is 1. The van der Waals surface area contributed by atoms with Gasteiger partial charge in [-0.15, -0.1) is 0 Å². The molecule has 5 heteroatoms. The van der Waals surface area contributed by atoms with E-state index in [0.29, 0.717) is 37.6 Å². The minimum absolute atomic E-state index is 0.0521. The van der Waals surface area contributed by atoms with Gasteiger partial charge < -0.3 is 14.5 Å². The van der Waals surface area contributed by atoms with Gasteiger partial charge in [-0.2, -0.15) is 0 Å². The summed E-state index contributed by atoms with van der Waals surface area (Å²) in [5.74, 6) is 0.690. The molecule has 96 valence electrons. The first-order valence-corrected chi connectivity index (χ1v) is 5.84. The van der Waals surface area contributed by atoms with Crippen LogP contribution in [0.2, 0.25) is 0 Å². The van der Waals surface area contributed by atoms with Crippen LogP contribution in [0.4, 0.5) is 0 Å². The largest absolute Gasteiger partial charge is 0.382 e. The quantitative estimate of drug-likeness (QED) is 0.717. The maximum atomic E-state index is 11.6. The lowest BCUT2D eigenvalue weighted by Gasteiger charge is -2.06. The Hall–Kier alpha value is -1.20. The molecule has 0 spiro atoms. The number of hydrogen-bond acceptors (Lipinski definition) is 4. The minimum atomic E-state index is -0.0521. The first-order chi connectivity index (χ1) is 8.19. The summed E-state index contributed by atoms with van der Waals surface area (Å²) in [5, 5.41) is 0. The average Bonchev–Trinajstić information content (AvgIpc) is 2.33. The normalized spacial score (nSPS) is 10.8. The molecule has 0 aliphatic rings. The van der Waals surface area contributed by atoms with Gasteiger partial charge in [-0.3, -0.25) is 4.79 Å². The number of rotatable bonds is 7. The molecule has 1 N–H and O–H groups in total. The first kappa shape index (κ1) is 13.9. The van der Waals surface area contributed by atoms with Crippen molar-refractivity contribution >= 4 is 0 Å². The van der Waals surface area contributed by atoms with Gasteiger partial charge in [0, 0.05) is 19.1 Å². The monoisotopic (exact) mass is 240 g/mol. The lowest BCUT2D eigenvalue weighted by Crippen LogP contribution is -2.19. The molecule has 5 nitrogen and oxygen atoms in total. The highest BCUT2D eigenvalue weighted by molar-refractivity contribution is 5.15. The van der Waals surface area contributed by atoms with Crippen LogP contribution in [-0.2, 0) is 22.3 Å². The summed E-state index contributed by atoms with van der Waals surface area (Å²) < 4.78 is 10.2. The van der Waals surface area contributed by atoms with Gasteiger partial charge in [-0.25, -0.2) is 4.98 Å². The molecule has 0 aliphatic heterocycles. The Labute approximate surface area is 101 Å². The van der Waals surface area contributed by atoms with Crippen molar-refractivity contribution in [1.29, 1.82) is 0 Å². The molecule has 0 aromatic carbocycles. The Kier molecular flexibility index (Phi) is 5.86. The Morgan fingerprint density at radius 1 is 1.29 bits per heavy atom. The van der Waals surface area contributed by atoms with Gasteiger partial charge in [0.1, 0.15) is 5.82 Å². The van der Waals surface area contributed by atoms with Crippen LogP contribution in [0.25, 0.3) is 0 Å². The molecule has 0 radical (unpaired) electrons. The number of aromatic nitrogens is 2. The van der Waals surface area contributed by atoms with Crippen LogP contribution < -0.4 is 5.56 Å². The zero-order chi connectivity index (χ0) is 12.7. The molecule has 17 heavy (non-hydrogen) atoms. The summed E-state index contributed by atoms with van der Waals surface area (Å²) in [7, 11) is 1.63. The molecule has 0 aliphatic carbocycles. The van der Waals surface area contributed by atoms with Gasteiger partial charge in [-0.1, -0.05) is 6.92 Å². The summed E-state index contributed by atoms with van der Waals surface area (Å²) in [4.78, 5) is 18.8. The van der Waals surface area contributed by atoms with E-state index >= 15 is 0 Å². The van der Waals surface area contributed by atoms with Crippen LogP contribution in [0.5, 0.6) is 0 Å². The topological polar surface area (TPSA) is 64.2 Å². The van der Waals surface area contributed by atoms with Gasteiger partial charge in [0.2, 0.25) is 0 Å². The molecule has 0 unspecified atom stereocenters. The van der Waals surface area contributed by atoms with Crippen molar-refractivity contribution in [2.45, 2.75) is 26.7 Å². The molecule has 0 amide bonds. The van der Waals surface area contributed by atoms with E-state index in [1.165, 1.54) is 0 Å². The highest BCUT2D eigenvalue weighted by Crippen LogP contribution is 2.00.